The van der Waals surface area contributed by atoms with Crippen molar-refractivity contribution in [2.75, 3.05) is 25.7 Å². The van der Waals surface area contributed by atoms with Gasteiger partial charge in [0.2, 0.25) is 0 Å². The van der Waals surface area contributed by atoms with Gasteiger partial charge in [0.15, 0.2) is 9.84 Å². The van der Waals surface area contributed by atoms with Crippen LogP contribution < -0.4 is 5.32 Å². The summed E-state index contributed by atoms with van der Waals surface area (Å²) in [6, 6.07) is -0.0489. The Kier molecular flexibility index (Phi) is 5.39. The van der Waals surface area contributed by atoms with Gasteiger partial charge in [-0.3, -0.25) is 4.79 Å². The summed E-state index contributed by atoms with van der Waals surface area (Å²) in [5.41, 5.74) is 0. The van der Waals surface area contributed by atoms with E-state index in [4.69, 9.17) is 0 Å². The molecule has 0 aromatic heterocycles. The molecule has 1 atom stereocenters. The van der Waals surface area contributed by atoms with Crippen LogP contribution in [0.2, 0.25) is 0 Å². The molecule has 1 saturated carbocycles. The quantitative estimate of drug-likeness (QED) is 0.700. The molecule has 0 saturated heterocycles. The normalized spacial score (nSPS) is 19.2. The van der Waals surface area contributed by atoms with Gasteiger partial charge in [-0.15, -0.1) is 0 Å². The molecule has 1 unspecified atom stereocenters. The summed E-state index contributed by atoms with van der Waals surface area (Å²) in [7, 11) is -0.405. The number of sulfone groups is 1. The molecule has 17 heavy (non-hydrogen) atoms. The Morgan fingerprint density at radius 1 is 1.41 bits per heavy atom. The van der Waals surface area contributed by atoms with Crippen molar-refractivity contribution in [3.05, 3.63) is 0 Å². The molecular formula is C11H21NO4S. The molecule has 1 aliphatic rings. The van der Waals surface area contributed by atoms with Crippen LogP contribution in [0.1, 0.15) is 25.7 Å². The number of carbonyl (C=O) groups excluding carboxylic acids is 1. The van der Waals surface area contributed by atoms with Crippen molar-refractivity contribution < 1.29 is 17.9 Å². The zero-order valence-corrected chi connectivity index (χ0v) is 11.3. The Morgan fingerprint density at radius 2 is 2.00 bits per heavy atom. The molecule has 100 valence electrons. The van der Waals surface area contributed by atoms with Gasteiger partial charge in [-0.2, -0.15) is 0 Å². The lowest BCUT2D eigenvalue weighted by atomic mass is 10.0. The fourth-order valence-electron chi connectivity index (χ4n) is 2.39. The third-order valence-electron chi connectivity index (χ3n) is 3.34. The fraction of sp³-hybridized carbons (Fsp3) is 0.909. The highest BCUT2D eigenvalue weighted by Gasteiger charge is 2.29. The molecule has 0 aliphatic heterocycles. The van der Waals surface area contributed by atoms with Crippen LogP contribution in [0.4, 0.5) is 0 Å². The molecule has 0 spiro atoms. The molecule has 0 heterocycles. The van der Waals surface area contributed by atoms with Gasteiger partial charge in [-0.1, -0.05) is 12.8 Å². The van der Waals surface area contributed by atoms with Crippen molar-refractivity contribution in [1.29, 1.82) is 0 Å². The van der Waals surface area contributed by atoms with Crippen molar-refractivity contribution in [2.45, 2.75) is 31.7 Å². The number of carbonyl (C=O) groups is 1. The first kappa shape index (κ1) is 14.4. The number of esters is 1. The minimum absolute atomic E-state index is 0.0171. The predicted molar refractivity (Wildman–Crippen MR) is 65.5 cm³/mol. The zero-order valence-electron chi connectivity index (χ0n) is 10.4. The van der Waals surface area contributed by atoms with E-state index in [2.05, 4.69) is 10.1 Å². The van der Waals surface area contributed by atoms with Crippen LogP contribution in [0.25, 0.3) is 0 Å². The number of ether oxygens (including phenoxy) is 1. The number of methoxy groups -OCH3 is 1. The third-order valence-corrected chi connectivity index (χ3v) is 4.88. The van der Waals surface area contributed by atoms with E-state index in [0.717, 1.165) is 12.8 Å². The first-order chi connectivity index (χ1) is 7.98. The molecular weight excluding hydrogens is 242 g/mol. The summed E-state index contributed by atoms with van der Waals surface area (Å²) >= 11 is 0. The van der Waals surface area contributed by atoms with E-state index in [9.17, 15) is 13.2 Å². The summed E-state index contributed by atoms with van der Waals surface area (Å²) in [5, 5.41) is 3.06. The number of rotatable bonds is 6. The number of nitrogens with one attached hydrogen (secondary N) is 1. The molecule has 1 fully saturated rings. The van der Waals surface area contributed by atoms with E-state index >= 15 is 0 Å². The van der Waals surface area contributed by atoms with Gasteiger partial charge in [0.05, 0.1) is 12.9 Å². The Balaban J connectivity index is 2.57. The first-order valence-corrected chi connectivity index (χ1v) is 7.75. The summed E-state index contributed by atoms with van der Waals surface area (Å²) in [6.07, 6.45) is 4.47. The third kappa shape index (κ3) is 4.63. The van der Waals surface area contributed by atoms with Gasteiger partial charge < -0.3 is 10.1 Å². The molecule has 5 nitrogen and oxygen atoms in total. The predicted octanol–water partition coefficient (Wildman–Crippen LogP) is 0.352. The van der Waals surface area contributed by atoms with Crippen LogP contribution in [0.15, 0.2) is 0 Å². The Bertz CT molecular complexity index is 346. The number of hydrogen-bond acceptors (Lipinski definition) is 5. The lowest BCUT2D eigenvalue weighted by molar-refractivity contribution is -0.137. The summed E-state index contributed by atoms with van der Waals surface area (Å²) < 4.78 is 28.0. The van der Waals surface area contributed by atoms with Crippen molar-refractivity contribution in [1.82, 2.24) is 5.32 Å². The number of hydrogen-bond donors (Lipinski definition) is 1. The van der Waals surface area contributed by atoms with Crippen LogP contribution in [0, 0.1) is 5.92 Å². The highest BCUT2D eigenvalue weighted by molar-refractivity contribution is 7.92. The molecule has 1 N–H and O–H groups in total. The smallest absolute Gasteiger partial charge is 0.320 e. The SMILES string of the molecule is CNC(CS(=O)(=O)CC(=O)OC)C1CCCC1. The minimum atomic E-state index is -3.38. The standard InChI is InChI=1S/C11H21NO4S/c1-12-10(9-5-3-4-6-9)7-17(14,15)8-11(13)16-2/h9-10,12H,3-8H2,1-2H3. The molecule has 1 rings (SSSR count). The second kappa shape index (κ2) is 6.35. The maximum atomic E-state index is 11.8. The minimum Gasteiger partial charge on any atom is -0.468 e. The van der Waals surface area contributed by atoms with Crippen molar-refractivity contribution >= 4 is 15.8 Å². The van der Waals surface area contributed by atoms with Crippen LogP contribution >= 0.6 is 0 Å². The Hall–Kier alpha value is -0.620. The molecule has 0 radical (unpaired) electrons. The van der Waals surface area contributed by atoms with Crippen LogP contribution in [0.5, 0.6) is 0 Å². The maximum absolute atomic E-state index is 11.8. The average Bonchev–Trinajstić information content (AvgIpc) is 2.78. The average molecular weight is 263 g/mol. The molecule has 1 aliphatic carbocycles. The van der Waals surface area contributed by atoms with E-state index in [1.165, 1.54) is 20.0 Å². The van der Waals surface area contributed by atoms with E-state index in [0.29, 0.717) is 5.92 Å². The lowest BCUT2D eigenvalue weighted by Gasteiger charge is -2.22. The van der Waals surface area contributed by atoms with Crippen molar-refractivity contribution in [3.63, 3.8) is 0 Å². The Labute approximate surface area is 103 Å². The maximum Gasteiger partial charge on any atom is 0.320 e. The van der Waals surface area contributed by atoms with Gasteiger partial charge >= 0.3 is 5.97 Å². The molecule has 0 amide bonds. The van der Waals surface area contributed by atoms with Gasteiger partial charge in [0.25, 0.3) is 0 Å². The van der Waals surface area contributed by atoms with E-state index in [1.54, 1.807) is 7.05 Å². The second-order valence-corrected chi connectivity index (χ2v) is 6.68. The topological polar surface area (TPSA) is 72.5 Å². The Morgan fingerprint density at radius 3 is 2.47 bits per heavy atom. The molecule has 6 heteroatoms. The van der Waals surface area contributed by atoms with Crippen LogP contribution in [-0.2, 0) is 19.4 Å². The largest absolute Gasteiger partial charge is 0.468 e. The summed E-state index contributed by atoms with van der Waals surface area (Å²) in [6.45, 7) is 0. The molecule has 0 bridgehead atoms. The van der Waals surface area contributed by atoms with Gasteiger partial charge in [0.1, 0.15) is 5.75 Å². The second-order valence-electron chi connectivity index (χ2n) is 4.57. The molecule has 0 aromatic carbocycles. The lowest BCUT2D eigenvalue weighted by Crippen LogP contribution is -2.40. The van der Waals surface area contributed by atoms with Crippen LogP contribution in [0.3, 0.4) is 0 Å². The zero-order chi connectivity index (χ0) is 12.9. The summed E-state index contributed by atoms with van der Waals surface area (Å²) in [4.78, 5) is 11.0. The van der Waals surface area contributed by atoms with E-state index < -0.39 is 21.6 Å². The van der Waals surface area contributed by atoms with Gasteiger partial charge in [-0.05, 0) is 25.8 Å². The van der Waals surface area contributed by atoms with Gasteiger partial charge in [-0.25, -0.2) is 8.42 Å². The molecule has 0 aromatic rings. The first-order valence-electron chi connectivity index (χ1n) is 5.93. The van der Waals surface area contributed by atoms with E-state index in [-0.39, 0.29) is 11.8 Å². The highest BCUT2D eigenvalue weighted by atomic mass is 32.2. The van der Waals surface area contributed by atoms with Crippen LogP contribution in [-0.4, -0.2) is 46.1 Å². The van der Waals surface area contributed by atoms with Crippen molar-refractivity contribution in [3.8, 4) is 0 Å². The monoisotopic (exact) mass is 263 g/mol. The highest BCUT2D eigenvalue weighted by Crippen LogP contribution is 2.28. The van der Waals surface area contributed by atoms with Crippen molar-refractivity contribution in [2.24, 2.45) is 5.92 Å². The van der Waals surface area contributed by atoms with E-state index in [1.807, 2.05) is 0 Å². The summed E-state index contributed by atoms with van der Waals surface area (Å²) in [5.74, 6) is -0.781. The van der Waals surface area contributed by atoms with Gasteiger partial charge in [0, 0.05) is 6.04 Å². The fourth-order valence-corrected chi connectivity index (χ4v) is 3.97.